The summed E-state index contributed by atoms with van der Waals surface area (Å²) in [4.78, 5) is 0. The molecule has 1 aromatic carbocycles. The third-order valence-corrected chi connectivity index (χ3v) is 4.39. The van der Waals surface area contributed by atoms with Gasteiger partial charge in [0.25, 0.3) is 0 Å². The Kier molecular flexibility index (Phi) is 4.51. The third-order valence-electron chi connectivity index (χ3n) is 4.05. The molecular weight excluding hydrogens is 266 g/mol. The zero-order chi connectivity index (χ0) is 15.0. The lowest BCUT2D eigenvalue weighted by atomic mass is 9.73. The predicted molar refractivity (Wildman–Crippen MR) is 88.5 cm³/mol. The van der Waals surface area contributed by atoms with E-state index in [-0.39, 0.29) is 5.54 Å². The maximum Gasteiger partial charge on any atom is 0.0440 e. The molecule has 1 N–H and O–H groups in total. The van der Waals surface area contributed by atoms with Crippen LogP contribution >= 0.6 is 11.6 Å². The fraction of sp³-hybridized carbons (Fsp3) is 0.667. The average molecular weight is 294 g/mol. The molecule has 0 unspecified atom stereocenters. The van der Waals surface area contributed by atoms with Gasteiger partial charge in [0, 0.05) is 16.6 Å². The van der Waals surface area contributed by atoms with Crippen LogP contribution in [-0.4, -0.2) is 11.6 Å². The van der Waals surface area contributed by atoms with Crippen LogP contribution in [0.3, 0.4) is 0 Å². The zero-order valence-corrected chi connectivity index (χ0v) is 14.2. The average Bonchev–Trinajstić information content (AvgIpc) is 2.21. The van der Waals surface area contributed by atoms with Gasteiger partial charge in [-0.1, -0.05) is 50.6 Å². The summed E-state index contributed by atoms with van der Waals surface area (Å²) in [6.07, 6.45) is 3.60. The molecule has 0 bridgehead atoms. The first kappa shape index (κ1) is 15.9. The highest BCUT2D eigenvalue weighted by atomic mass is 35.5. The Morgan fingerprint density at radius 2 is 1.70 bits per heavy atom. The van der Waals surface area contributed by atoms with Crippen LogP contribution in [0.25, 0.3) is 0 Å². The molecule has 0 amide bonds. The van der Waals surface area contributed by atoms with E-state index in [2.05, 4.69) is 52.1 Å². The summed E-state index contributed by atoms with van der Waals surface area (Å²) in [5.41, 5.74) is 1.89. The second kappa shape index (κ2) is 5.69. The molecule has 0 atom stereocenters. The molecule has 2 rings (SSSR count). The summed E-state index contributed by atoms with van der Waals surface area (Å²) >= 11 is 6.28. The molecule has 20 heavy (non-hydrogen) atoms. The van der Waals surface area contributed by atoms with Gasteiger partial charge in [-0.3, -0.25) is 0 Å². The summed E-state index contributed by atoms with van der Waals surface area (Å²) in [5.74, 6) is 0.631. The summed E-state index contributed by atoms with van der Waals surface area (Å²) in [7, 11) is 0. The zero-order valence-electron chi connectivity index (χ0n) is 13.5. The molecule has 1 aliphatic carbocycles. The summed E-state index contributed by atoms with van der Waals surface area (Å²) in [6.45, 7) is 11.6. The van der Waals surface area contributed by atoms with Crippen molar-refractivity contribution in [3.8, 4) is 0 Å². The standard InChI is InChI=1S/C18H28ClN/c1-17(2,3)12-18(4,5)20-14-10-13(11-14)15-8-6-7-9-16(15)19/h6-9,13-14,20H,10-12H2,1-5H3. The Balaban J connectivity index is 1.87. The van der Waals surface area contributed by atoms with Gasteiger partial charge in [0.05, 0.1) is 0 Å². The topological polar surface area (TPSA) is 12.0 Å². The Morgan fingerprint density at radius 1 is 1.10 bits per heavy atom. The normalized spacial score (nSPS) is 23.5. The van der Waals surface area contributed by atoms with Crippen molar-refractivity contribution in [1.29, 1.82) is 0 Å². The van der Waals surface area contributed by atoms with Gasteiger partial charge in [-0.25, -0.2) is 0 Å². The molecule has 1 saturated carbocycles. The van der Waals surface area contributed by atoms with Gasteiger partial charge in [-0.15, -0.1) is 0 Å². The molecule has 0 saturated heterocycles. The maximum absolute atomic E-state index is 6.28. The summed E-state index contributed by atoms with van der Waals surface area (Å²) < 4.78 is 0. The second-order valence-electron chi connectivity index (χ2n) is 8.15. The van der Waals surface area contributed by atoms with Gasteiger partial charge >= 0.3 is 0 Å². The smallest absolute Gasteiger partial charge is 0.0440 e. The van der Waals surface area contributed by atoms with Crippen molar-refractivity contribution in [3.05, 3.63) is 34.9 Å². The van der Waals surface area contributed by atoms with E-state index < -0.39 is 0 Å². The number of benzene rings is 1. The Morgan fingerprint density at radius 3 is 2.25 bits per heavy atom. The van der Waals surface area contributed by atoms with E-state index in [1.54, 1.807) is 0 Å². The first-order chi connectivity index (χ1) is 9.16. The molecule has 2 heteroatoms. The van der Waals surface area contributed by atoms with Crippen molar-refractivity contribution in [2.45, 2.75) is 71.4 Å². The molecule has 0 heterocycles. The SMILES string of the molecule is CC(C)(C)CC(C)(C)NC1CC(c2ccccc2Cl)C1. The molecule has 0 spiro atoms. The summed E-state index contributed by atoms with van der Waals surface area (Å²) in [6, 6.07) is 8.90. The van der Waals surface area contributed by atoms with Gasteiger partial charge in [-0.05, 0) is 56.1 Å². The molecule has 1 nitrogen and oxygen atoms in total. The van der Waals surface area contributed by atoms with E-state index in [1.165, 1.54) is 24.8 Å². The fourth-order valence-corrected chi connectivity index (χ4v) is 4.02. The number of nitrogens with one attached hydrogen (secondary N) is 1. The van der Waals surface area contributed by atoms with Crippen LogP contribution in [0.1, 0.15) is 65.4 Å². The minimum Gasteiger partial charge on any atom is -0.309 e. The van der Waals surface area contributed by atoms with E-state index in [4.69, 9.17) is 11.6 Å². The Bertz CT molecular complexity index is 453. The molecule has 0 radical (unpaired) electrons. The summed E-state index contributed by atoms with van der Waals surface area (Å²) in [5, 5.41) is 4.75. The Hall–Kier alpha value is -0.530. The van der Waals surface area contributed by atoms with Crippen LogP contribution in [0.4, 0.5) is 0 Å². The van der Waals surface area contributed by atoms with Crippen molar-refractivity contribution < 1.29 is 0 Å². The second-order valence-corrected chi connectivity index (χ2v) is 8.56. The van der Waals surface area contributed by atoms with Crippen LogP contribution in [0.2, 0.25) is 5.02 Å². The highest BCUT2D eigenvalue weighted by Gasteiger charge is 2.35. The molecular formula is C18H28ClN. The maximum atomic E-state index is 6.28. The van der Waals surface area contributed by atoms with Crippen LogP contribution in [0, 0.1) is 5.41 Å². The van der Waals surface area contributed by atoms with Crippen LogP contribution in [-0.2, 0) is 0 Å². The van der Waals surface area contributed by atoms with Crippen molar-refractivity contribution in [2.24, 2.45) is 5.41 Å². The number of hydrogen-bond donors (Lipinski definition) is 1. The Labute approximate surface area is 129 Å². The van der Waals surface area contributed by atoms with E-state index in [1.807, 2.05) is 12.1 Å². The highest BCUT2D eigenvalue weighted by Crippen LogP contribution is 2.41. The van der Waals surface area contributed by atoms with Crippen molar-refractivity contribution in [2.75, 3.05) is 0 Å². The minimum absolute atomic E-state index is 0.203. The van der Waals surface area contributed by atoms with Gasteiger partial charge in [0.15, 0.2) is 0 Å². The van der Waals surface area contributed by atoms with Gasteiger partial charge in [-0.2, -0.15) is 0 Å². The highest BCUT2D eigenvalue weighted by molar-refractivity contribution is 6.31. The monoisotopic (exact) mass is 293 g/mol. The first-order valence-electron chi connectivity index (χ1n) is 7.68. The molecule has 112 valence electrons. The van der Waals surface area contributed by atoms with Crippen molar-refractivity contribution in [3.63, 3.8) is 0 Å². The number of hydrogen-bond acceptors (Lipinski definition) is 1. The van der Waals surface area contributed by atoms with E-state index in [0.717, 1.165) is 5.02 Å². The van der Waals surface area contributed by atoms with Crippen molar-refractivity contribution >= 4 is 11.6 Å². The van der Waals surface area contributed by atoms with Crippen LogP contribution < -0.4 is 5.32 Å². The van der Waals surface area contributed by atoms with E-state index >= 15 is 0 Å². The number of halogens is 1. The van der Waals surface area contributed by atoms with E-state index in [0.29, 0.717) is 17.4 Å². The largest absolute Gasteiger partial charge is 0.309 e. The van der Waals surface area contributed by atoms with E-state index in [9.17, 15) is 0 Å². The fourth-order valence-electron chi connectivity index (χ4n) is 3.73. The minimum atomic E-state index is 0.203. The van der Waals surface area contributed by atoms with Gasteiger partial charge < -0.3 is 5.32 Å². The predicted octanol–water partition coefficient (Wildman–Crippen LogP) is 5.39. The van der Waals surface area contributed by atoms with Crippen LogP contribution in [0.15, 0.2) is 24.3 Å². The molecule has 0 aliphatic heterocycles. The molecule has 0 aromatic heterocycles. The third kappa shape index (κ3) is 4.23. The van der Waals surface area contributed by atoms with Gasteiger partial charge in [0.2, 0.25) is 0 Å². The molecule has 1 aromatic rings. The quantitative estimate of drug-likeness (QED) is 0.785. The first-order valence-corrected chi connectivity index (χ1v) is 8.06. The van der Waals surface area contributed by atoms with Gasteiger partial charge in [0.1, 0.15) is 0 Å². The lowest BCUT2D eigenvalue weighted by molar-refractivity contribution is 0.176. The van der Waals surface area contributed by atoms with Crippen molar-refractivity contribution in [1.82, 2.24) is 5.32 Å². The lowest BCUT2D eigenvalue weighted by Crippen LogP contribution is -2.52. The lowest BCUT2D eigenvalue weighted by Gasteiger charge is -2.43. The molecule has 1 fully saturated rings. The number of rotatable bonds is 4. The van der Waals surface area contributed by atoms with Crippen LogP contribution in [0.5, 0.6) is 0 Å². The molecule has 1 aliphatic rings.